The molecule has 0 saturated heterocycles. The van der Waals surface area contributed by atoms with Gasteiger partial charge in [-0.25, -0.2) is 4.98 Å². The molecule has 0 spiro atoms. The summed E-state index contributed by atoms with van der Waals surface area (Å²) < 4.78 is 15.4. The number of nitrogens with zero attached hydrogens (tertiary/aromatic N) is 3. The first-order chi connectivity index (χ1) is 9.49. The van der Waals surface area contributed by atoms with Crippen LogP contribution in [0.25, 0.3) is 11.3 Å². The maximum Gasteiger partial charge on any atom is 0.374 e. The van der Waals surface area contributed by atoms with Gasteiger partial charge in [0.15, 0.2) is 17.4 Å². The van der Waals surface area contributed by atoms with Gasteiger partial charge in [-0.1, -0.05) is 5.16 Å². The average molecular weight is 269 g/mol. The van der Waals surface area contributed by atoms with Gasteiger partial charge in [-0.05, 0) is 20.8 Å². The van der Waals surface area contributed by atoms with Crippen LogP contribution < -0.4 is 0 Å². The monoisotopic (exact) mass is 269 g/mol. The second kappa shape index (κ2) is 5.25. The highest BCUT2D eigenvalue weighted by Crippen LogP contribution is 2.31. The summed E-state index contributed by atoms with van der Waals surface area (Å²) in [7, 11) is 5.29. The fourth-order valence-electron chi connectivity index (χ4n) is 1.82. The molecule has 2 radical (unpaired) electrons. The molecule has 2 aromatic rings. The fourth-order valence-corrected chi connectivity index (χ4v) is 1.82. The second-order valence-corrected chi connectivity index (χ2v) is 4.30. The van der Waals surface area contributed by atoms with E-state index in [1.807, 2.05) is 6.07 Å². The van der Waals surface area contributed by atoms with E-state index in [2.05, 4.69) is 10.1 Å². The normalized spacial score (nSPS) is 11.9. The van der Waals surface area contributed by atoms with Gasteiger partial charge in [0, 0.05) is 12.5 Å². The van der Waals surface area contributed by atoms with Crippen molar-refractivity contribution >= 4 is 19.4 Å². The van der Waals surface area contributed by atoms with E-state index in [4.69, 9.17) is 21.6 Å². The van der Waals surface area contributed by atoms with E-state index in [0.29, 0.717) is 28.8 Å². The zero-order valence-corrected chi connectivity index (χ0v) is 11.6. The van der Waals surface area contributed by atoms with Crippen molar-refractivity contribution in [2.24, 2.45) is 0 Å². The van der Waals surface area contributed by atoms with Crippen LogP contribution in [0.3, 0.4) is 0 Å². The Bertz CT molecular complexity index is 722. The molecule has 0 atom stereocenters. The summed E-state index contributed by atoms with van der Waals surface area (Å²) in [5.41, 5.74) is 2.12. The van der Waals surface area contributed by atoms with Gasteiger partial charge < -0.3 is 13.6 Å². The molecule has 6 nitrogen and oxygen atoms in total. The molecule has 0 amide bonds. The lowest BCUT2D eigenvalue weighted by atomic mass is 10.1. The van der Waals surface area contributed by atoms with Gasteiger partial charge >= 0.3 is 8.05 Å². The van der Waals surface area contributed by atoms with Crippen molar-refractivity contribution in [2.75, 3.05) is 0 Å². The first kappa shape index (κ1) is 13.9. The predicted molar refractivity (Wildman–Crippen MR) is 71.2 cm³/mol. The minimum atomic E-state index is 0.0739. The Balaban J connectivity index is 2.69. The smallest absolute Gasteiger partial charge is 0.374 e. The van der Waals surface area contributed by atoms with E-state index in [-0.39, 0.29) is 11.3 Å². The Labute approximate surface area is 117 Å². The van der Waals surface area contributed by atoms with E-state index in [9.17, 15) is 5.26 Å². The molecular formula is C13H12BN3O3. The van der Waals surface area contributed by atoms with Gasteiger partial charge in [-0.2, -0.15) is 5.26 Å². The quantitative estimate of drug-likeness (QED) is 0.483. The van der Waals surface area contributed by atoms with Gasteiger partial charge in [0.1, 0.15) is 11.6 Å². The van der Waals surface area contributed by atoms with Crippen LogP contribution >= 0.6 is 0 Å². The number of allylic oxidation sites excluding steroid dienone is 1. The molecule has 0 aliphatic rings. The van der Waals surface area contributed by atoms with Crippen LogP contribution in [0.4, 0.5) is 0 Å². The minimum Gasteiger partial charge on any atom is -0.564 e. The van der Waals surface area contributed by atoms with Crippen molar-refractivity contribution in [2.45, 2.75) is 27.7 Å². The van der Waals surface area contributed by atoms with E-state index in [1.54, 1.807) is 27.7 Å². The summed E-state index contributed by atoms with van der Waals surface area (Å²) in [6.07, 6.45) is 0. The summed E-state index contributed by atoms with van der Waals surface area (Å²) in [5.74, 6) is 1.13. The molecule has 0 bridgehead atoms. The highest BCUT2D eigenvalue weighted by Gasteiger charge is 2.23. The SMILES string of the molecule is [B]OC(=C(C#N)c1oc(C)nc1C)c1onc(C)c1C. The fraction of sp³-hybridized carbons (Fsp3) is 0.308. The number of rotatable bonds is 3. The molecule has 100 valence electrons. The molecule has 2 rings (SSSR count). The molecule has 0 aliphatic heterocycles. The number of oxazole rings is 1. The van der Waals surface area contributed by atoms with Gasteiger partial charge in [-0.3, -0.25) is 0 Å². The summed E-state index contributed by atoms with van der Waals surface area (Å²) in [4.78, 5) is 4.12. The second-order valence-electron chi connectivity index (χ2n) is 4.30. The molecule has 0 N–H and O–H groups in total. The zero-order chi connectivity index (χ0) is 14.9. The third kappa shape index (κ3) is 2.20. The third-order valence-corrected chi connectivity index (χ3v) is 2.95. The molecule has 0 saturated carbocycles. The number of aryl methyl sites for hydroxylation is 3. The van der Waals surface area contributed by atoms with Crippen LogP contribution in [0.5, 0.6) is 0 Å². The number of aromatic nitrogens is 2. The Kier molecular flexibility index (Phi) is 3.66. The lowest BCUT2D eigenvalue weighted by Crippen LogP contribution is -1.95. The first-order valence-corrected chi connectivity index (χ1v) is 5.88. The van der Waals surface area contributed by atoms with Crippen molar-refractivity contribution in [3.8, 4) is 6.07 Å². The van der Waals surface area contributed by atoms with Crippen molar-refractivity contribution in [3.63, 3.8) is 0 Å². The highest BCUT2D eigenvalue weighted by atomic mass is 16.5. The zero-order valence-electron chi connectivity index (χ0n) is 11.6. The average Bonchev–Trinajstić information content (AvgIpc) is 2.91. The molecule has 2 heterocycles. The van der Waals surface area contributed by atoms with E-state index in [0.717, 1.165) is 5.56 Å². The molecule has 0 unspecified atom stereocenters. The minimum absolute atomic E-state index is 0.0739. The summed E-state index contributed by atoms with van der Waals surface area (Å²) in [6, 6.07) is 2.01. The third-order valence-electron chi connectivity index (χ3n) is 2.95. The van der Waals surface area contributed by atoms with Crippen molar-refractivity contribution in [1.82, 2.24) is 10.1 Å². The first-order valence-electron chi connectivity index (χ1n) is 5.88. The lowest BCUT2D eigenvalue weighted by Gasteiger charge is -2.06. The Morgan fingerprint density at radius 3 is 2.30 bits per heavy atom. The van der Waals surface area contributed by atoms with E-state index in [1.165, 1.54) is 0 Å². The topological polar surface area (TPSA) is 85.1 Å². The molecule has 2 aromatic heterocycles. The van der Waals surface area contributed by atoms with Crippen LogP contribution in [0.1, 0.15) is 34.4 Å². The lowest BCUT2D eigenvalue weighted by molar-refractivity contribution is 0.386. The number of hydrogen-bond donors (Lipinski definition) is 0. The van der Waals surface area contributed by atoms with Gasteiger partial charge in [0.05, 0.1) is 11.4 Å². The molecule has 7 heteroatoms. The Morgan fingerprint density at radius 1 is 1.20 bits per heavy atom. The predicted octanol–water partition coefficient (Wildman–Crippen LogP) is 2.39. The molecule has 0 fully saturated rings. The van der Waals surface area contributed by atoms with Crippen LogP contribution in [0.2, 0.25) is 0 Å². The Morgan fingerprint density at radius 2 is 1.90 bits per heavy atom. The summed E-state index contributed by atoms with van der Waals surface area (Å²) in [5, 5.41) is 13.2. The molecular weight excluding hydrogens is 257 g/mol. The summed E-state index contributed by atoms with van der Waals surface area (Å²) in [6.45, 7) is 7.01. The van der Waals surface area contributed by atoms with Gasteiger partial charge in [-0.15, -0.1) is 0 Å². The maximum absolute atomic E-state index is 9.38. The van der Waals surface area contributed by atoms with Gasteiger partial charge in [0.2, 0.25) is 5.76 Å². The standard InChI is InChI=1S/C13H12BN3O3/c1-6-7(2)17-20-11(6)13(19-14)10(5-15)12-8(3)16-9(4)18-12/h1-4H3. The largest absolute Gasteiger partial charge is 0.564 e. The molecule has 20 heavy (non-hydrogen) atoms. The molecule has 0 aliphatic carbocycles. The van der Waals surface area contributed by atoms with Crippen LogP contribution in [-0.2, 0) is 4.65 Å². The van der Waals surface area contributed by atoms with Crippen LogP contribution in [0, 0.1) is 39.0 Å². The van der Waals surface area contributed by atoms with E-state index < -0.39 is 0 Å². The molecule has 0 aromatic carbocycles. The van der Waals surface area contributed by atoms with Crippen LogP contribution in [0.15, 0.2) is 8.94 Å². The summed E-state index contributed by atoms with van der Waals surface area (Å²) >= 11 is 0. The number of hydrogen-bond acceptors (Lipinski definition) is 6. The highest BCUT2D eigenvalue weighted by molar-refractivity contribution is 6.06. The van der Waals surface area contributed by atoms with Crippen LogP contribution in [-0.4, -0.2) is 18.2 Å². The maximum atomic E-state index is 9.38. The number of nitriles is 1. The van der Waals surface area contributed by atoms with E-state index >= 15 is 0 Å². The van der Waals surface area contributed by atoms with Crippen molar-refractivity contribution in [1.29, 1.82) is 5.26 Å². The Hall–Kier alpha value is -2.49. The van der Waals surface area contributed by atoms with Gasteiger partial charge in [0.25, 0.3) is 0 Å². The van der Waals surface area contributed by atoms with Crippen molar-refractivity contribution < 1.29 is 13.6 Å². The van der Waals surface area contributed by atoms with Crippen molar-refractivity contribution in [3.05, 3.63) is 34.4 Å².